The molecule has 27 heavy (non-hydrogen) atoms. The van der Waals surface area contributed by atoms with Crippen LogP contribution in [0.3, 0.4) is 0 Å². The Morgan fingerprint density at radius 2 is 2.04 bits per heavy atom. The van der Waals surface area contributed by atoms with Crippen molar-refractivity contribution in [3.63, 3.8) is 0 Å². The molecule has 3 rings (SSSR count). The standard InChI is InChI=1S/C20H22N4O3/c1-4-14(20(26)27)12-24(18-7-5-6-10-21-18)19(25)15-8-9-17-16(11-15)22-13(2)23(17)3/h5-11,14H,4,12H2,1-3H3,(H,26,27). The van der Waals surface area contributed by atoms with Gasteiger partial charge < -0.3 is 9.67 Å². The van der Waals surface area contributed by atoms with E-state index in [4.69, 9.17) is 0 Å². The Bertz CT molecular complexity index is 982. The number of aromatic nitrogens is 3. The summed E-state index contributed by atoms with van der Waals surface area (Å²) < 4.78 is 1.96. The molecule has 0 fully saturated rings. The third-order valence-corrected chi connectivity index (χ3v) is 4.77. The number of nitrogens with zero attached hydrogens (tertiary/aromatic N) is 4. The van der Waals surface area contributed by atoms with Crippen LogP contribution in [0.5, 0.6) is 0 Å². The maximum Gasteiger partial charge on any atom is 0.308 e. The largest absolute Gasteiger partial charge is 0.481 e. The van der Waals surface area contributed by atoms with E-state index in [1.807, 2.05) is 24.6 Å². The van der Waals surface area contributed by atoms with Gasteiger partial charge in [-0.2, -0.15) is 0 Å². The van der Waals surface area contributed by atoms with Crippen molar-refractivity contribution in [2.75, 3.05) is 11.4 Å². The number of anilines is 1. The molecule has 1 atom stereocenters. The molecule has 7 heteroatoms. The van der Waals surface area contributed by atoms with Gasteiger partial charge in [-0.3, -0.25) is 14.5 Å². The van der Waals surface area contributed by atoms with E-state index in [0.717, 1.165) is 16.9 Å². The van der Waals surface area contributed by atoms with Crippen LogP contribution in [0.1, 0.15) is 29.5 Å². The number of aliphatic carboxylic acids is 1. The number of hydrogen-bond acceptors (Lipinski definition) is 4. The topological polar surface area (TPSA) is 88.3 Å². The van der Waals surface area contributed by atoms with Crippen molar-refractivity contribution in [2.24, 2.45) is 13.0 Å². The number of amides is 1. The van der Waals surface area contributed by atoms with Gasteiger partial charge in [0.25, 0.3) is 5.91 Å². The molecule has 0 radical (unpaired) electrons. The molecule has 2 aromatic heterocycles. The number of aryl methyl sites for hydroxylation is 2. The second-order valence-electron chi connectivity index (χ2n) is 6.47. The van der Waals surface area contributed by atoms with E-state index in [1.54, 1.807) is 43.5 Å². The average Bonchev–Trinajstić information content (AvgIpc) is 2.96. The van der Waals surface area contributed by atoms with E-state index in [9.17, 15) is 14.7 Å². The third kappa shape index (κ3) is 3.67. The molecule has 0 aliphatic rings. The zero-order valence-electron chi connectivity index (χ0n) is 15.6. The fourth-order valence-corrected chi connectivity index (χ4v) is 3.01. The van der Waals surface area contributed by atoms with Crippen LogP contribution in [-0.4, -0.2) is 38.1 Å². The average molecular weight is 366 g/mol. The van der Waals surface area contributed by atoms with Gasteiger partial charge in [-0.1, -0.05) is 13.0 Å². The molecule has 1 amide bonds. The van der Waals surface area contributed by atoms with E-state index in [1.165, 1.54) is 4.90 Å². The lowest BCUT2D eigenvalue weighted by molar-refractivity contribution is -0.141. The first-order valence-electron chi connectivity index (χ1n) is 8.81. The molecule has 0 aliphatic carbocycles. The molecule has 7 nitrogen and oxygen atoms in total. The van der Waals surface area contributed by atoms with Crippen LogP contribution < -0.4 is 4.90 Å². The molecule has 0 saturated heterocycles. The zero-order valence-corrected chi connectivity index (χ0v) is 15.6. The van der Waals surface area contributed by atoms with Gasteiger partial charge in [-0.05, 0) is 43.7 Å². The minimum absolute atomic E-state index is 0.0565. The number of imidazole rings is 1. The smallest absolute Gasteiger partial charge is 0.308 e. The molecule has 1 unspecified atom stereocenters. The number of carbonyl (C=O) groups excluding carboxylic acids is 1. The summed E-state index contributed by atoms with van der Waals surface area (Å²) >= 11 is 0. The van der Waals surface area contributed by atoms with Gasteiger partial charge >= 0.3 is 5.97 Å². The highest BCUT2D eigenvalue weighted by molar-refractivity contribution is 6.07. The molecule has 140 valence electrons. The Balaban J connectivity index is 2.00. The second-order valence-corrected chi connectivity index (χ2v) is 6.47. The Hall–Kier alpha value is -3.22. The number of carboxylic acids is 1. The number of pyridine rings is 1. The van der Waals surface area contributed by atoms with Crippen molar-refractivity contribution in [3.8, 4) is 0 Å². The van der Waals surface area contributed by atoms with Gasteiger partial charge in [0.15, 0.2) is 0 Å². The van der Waals surface area contributed by atoms with Crippen molar-refractivity contribution >= 4 is 28.7 Å². The summed E-state index contributed by atoms with van der Waals surface area (Å²) in [5.41, 5.74) is 2.11. The number of benzene rings is 1. The monoisotopic (exact) mass is 366 g/mol. The van der Waals surface area contributed by atoms with Gasteiger partial charge in [-0.25, -0.2) is 9.97 Å². The summed E-state index contributed by atoms with van der Waals surface area (Å²) in [6.45, 7) is 3.75. The number of rotatable bonds is 6. The second kappa shape index (κ2) is 7.57. The minimum Gasteiger partial charge on any atom is -0.481 e. The maximum absolute atomic E-state index is 13.2. The first-order chi connectivity index (χ1) is 12.9. The van der Waals surface area contributed by atoms with Gasteiger partial charge in [0.05, 0.1) is 17.0 Å². The van der Waals surface area contributed by atoms with E-state index < -0.39 is 11.9 Å². The number of carboxylic acid groups (broad SMARTS) is 1. The predicted molar refractivity (Wildman–Crippen MR) is 103 cm³/mol. The van der Waals surface area contributed by atoms with Crippen LogP contribution >= 0.6 is 0 Å². The molecule has 0 bridgehead atoms. The van der Waals surface area contributed by atoms with Crippen molar-refractivity contribution in [2.45, 2.75) is 20.3 Å². The fourth-order valence-electron chi connectivity index (χ4n) is 3.01. The van der Waals surface area contributed by atoms with Crippen LogP contribution in [0.2, 0.25) is 0 Å². The first-order valence-corrected chi connectivity index (χ1v) is 8.81. The van der Waals surface area contributed by atoms with Crippen molar-refractivity contribution in [3.05, 3.63) is 54.0 Å². The summed E-state index contributed by atoms with van der Waals surface area (Å²) in [6, 6.07) is 10.6. The molecule has 0 aliphatic heterocycles. The molecular formula is C20H22N4O3. The van der Waals surface area contributed by atoms with E-state index in [-0.39, 0.29) is 12.5 Å². The van der Waals surface area contributed by atoms with Crippen LogP contribution in [0, 0.1) is 12.8 Å². The number of carbonyl (C=O) groups is 2. The van der Waals surface area contributed by atoms with Crippen molar-refractivity contribution < 1.29 is 14.7 Å². The molecule has 1 aromatic carbocycles. The van der Waals surface area contributed by atoms with Crippen LogP contribution in [-0.2, 0) is 11.8 Å². The van der Waals surface area contributed by atoms with Gasteiger partial charge in [-0.15, -0.1) is 0 Å². The Labute approximate surface area is 157 Å². The lowest BCUT2D eigenvalue weighted by Gasteiger charge is -2.24. The van der Waals surface area contributed by atoms with Crippen LogP contribution in [0.4, 0.5) is 5.82 Å². The number of fused-ring (bicyclic) bond motifs is 1. The Morgan fingerprint density at radius 1 is 1.26 bits per heavy atom. The fraction of sp³-hybridized carbons (Fsp3) is 0.300. The predicted octanol–water partition coefficient (Wildman–Crippen LogP) is 3.03. The maximum atomic E-state index is 13.2. The molecule has 3 aromatic rings. The molecular weight excluding hydrogens is 344 g/mol. The summed E-state index contributed by atoms with van der Waals surface area (Å²) in [4.78, 5) is 34.9. The lowest BCUT2D eigenvalue weighted by atomic mass is 10.1. The van der Waals surface area contributed by atoms with Crippen molar-refractivity contribution in [1.29, 1.82) is 0 Å². The summed E-state index contributed by atoms with van der Waals surface area (Å²) in [5.74, 6) is -0.606. The zero-order chi connectivity index (χ0) is 19.6. The van der Waals surface area contributed by atoms with E-state index >= 15 is 0 Å². The lowest BCUT2D eigenvalue weighted by Crippen LogP contribution is -2.38. The van der Waals surface area contributed by atoms with E-state index in [0.29, 0.717) is 17.8 Å². The molecule has 1 N–H and O–H groups in total. The summed E-state index contributed by atoms with van der Waals surface area (Å²) in [7, 11) is 1.92. The SMILES string of the molecule is CCC(CN(C(=O)c1ccc2c(c1)nc(C)n2C)c1ccccn1)C(=O)O. The molecule has 0 spiro atoms. The highest BCUT2D eigenvalue weighted by atomic mass is 16.4. The van der Waals surface area contributed by atoms with Crippen molar-refractivity contribution in [1.82, 2.24) is 14.5 Å². The number of hydrogen-bond donors (Lipinski definition) is 1. The summed E-state index contributed by atoms with van der Waals surface area (Å²) in [5, 5.41) is 9.42. The molecule has 0 saturated carbocycles. The summed E-state index contributed by atoms with van der Waals surface area (Å²) in [6.07, 6.45) is 2.01. The normalized spacial score (nSPS) is 12.1. The molecule has 2 heterocycles. The van der Waals surface area contributed by atoms with Gasteiger partial charge in [0.1, 0.15) is 11.6 Å². The van der Waals surface area contributed by atoms with E-state index in [2.05, 4.69) is 9.97 Å². The third-order valence-electron chi connectivity index (χ3n) is 4.77. The highest BCUT2D eigenvalue weighted by Gasteiger charge is 2.26. The van der Waals surface area contributed by atoms with Crippen LogP contribution in [0.25, 0.3) is 11.0 Å². The highest BCUT2D eigenvalue weighted by Crippen LogP contribution is 2.21. The Morgan fingerprint density at radius 3 is 2.67 bits per heavy atom. The Kier molecular flexibility index (Phi) is 5.21. The quantitative estimate of drug-likeness (QED) is 0.724. The first kappa shape index (κ1) is 18.6. The van der Waals surface area contributed by atoms with Crippen LogP contribution in [0.15, 0.2) is 42.6 Å². The van der Waals surface area contributed by atoms with Gasteiger partial charge in [0.2, 0.25) is 0 Å². The minimum atomic E-state index is -0.929. The van der Waals surface area contributed by atoms with Gasteiger partial charge in [0, 0.05) is 25.4 Å².